The minimum Gasteiger partial charge on any atom is -0.364 e. The number of nitriles is 1. The Balaban J connectivity index is 2.14. The van der Waals surface area contributed by atoms with Gasteiger partial charge in [0.1, 0.15) is 6.07 Å². The normalized spacial score (nSPS) is 16.2. The summed E-state index contributed by atoms with van der Waals surface area (Å²) < 4.78 is 26.1. The highest BCUT2D eigenvalue weighted by atomic mass is 32.2. The highest BCUT2D eigenvalue weighted by molar-refractivity contribution is 7.89. The van der Waals surface area contributed by atoms with Gasteiger partial charge in [0.15, 0.2) is 0 Å². The molecule has 9 heteroatoms. The smallest absolute Gasteiger partial charge is 0.280 e. The van der Waals surface area contributed by atoms with Crippen LogP contribution in [0.4, 0.5) is 5.69 Å². The first-order chi connectivity index (χ1) is 10.4. The second-order valence-electron chi connectivity index (χ2n) is 4.68. The van der Waals surface area contributed by atoms with Crippen molar-refractivity contribution in [3.8, 4) is 6.07 Å². The fourth-order valence-electron chi connectivity index (χ4n) is 2.03. The summed E-state index contributed by atoms with van der Waals surface area (Å²) in [5, 5.41) is 12.2. The summed E-state index contributed by atoms with van der Waals surface area (Å²) in [5.74, 6) is -0.941. The fourth-order valence-corrected chi connectivity index (χ4v) is 3.55. The van der Waals surface area contributed by atoms with E-state index in [2.05, 4.69) is 10.5 Å². The van der Waals surface area contributed by atoms with Gasteiger partial charge >= 0.3 is 0 Å². The molecule has 0 spiro atoms. The van der Waals surface area contributed by atoms with Crippen LogP contribution in [0.15, 0.2) is 34.3 Å². The lowest BCUT2D eigenvalue weighted by Crippen LogP contribution is -2.27. The van der Waals surface area contributed by atoms with E-state index in [1.165, 1.54) is 28.6 Å². The Morgan fingerprint density at radius 3 is 2.36 bits per heavy atom. The number of nitrogens with zero attached hydrogens (tertiary/aromatic N) is 3. The molecule has 0 unspecified atom stereocenters. The highest BCUT2D eigenvalue weighted by Gasteiger charge is 2.26. The molecule has 1 heterocycles. The molecule has 3 N–H and O–H groups in total. The summed E-state index contributed by atoms with van der Waals surface area (Å²) in [6.45, 7) is 1.08. The average Bonchev–Trinajstić information content (AvgIpc) is 3.03. The second-order valence-corrected chi connectivity index (χ2v) is 6.62. The molecule has 0 bridgehead atoms. The lowest BCUT2D eigenvalue weighted by Gasteiger charge is -2.15. The number of sulfonamides is 1. The molecule has 1 aliphatic heterocycles. The van der Waals surface area contributed by atoms with Gasteiger partial charge in [-0.15, -0.1) is 0 Å². The third-order valence-corrected chi connectivity index (χ3v) is 5.11. The number of benzene rings is 1. The van der Waals surface area contributed by atoms with Crippen LogP contribution in [-0.4, -0.2) is 37.4 Å². The van der Waals surface area contributed by atoms with Gasteiger partial charge in [-0.2, -0.15) is 14.7 Å². The first-order valence-corrected chi connectivity index (χ1v) is 8.03. The molecule has 0 radical (unpaired) electrons. The molecule has 2 rings (SSSR count). The average molecular weight is 321 g/mol. The van der Waals surface area contributed by atoms with E-state index in [1.54, 1.807) is 6.07 Å². The van der Waals surface area contributed by atoms with Crippen LogP contribution < -0.4 is 11.2 Å². The number of hydrogen-bond acceptors (Lipinski definition) is 6. The van der Waals surface area contributed by atoms with Crippen molar-refractivity contribution >= 4 is 27.3 Å². The Morgan fingerprint density at radius 1 is 1.27 bits per heavy atom. The van der Waals surface area contributed by atoms with Gasteiger partial charge in [-0.05, 0) is 37.1 Å². The molecule has 22 heavy (non-hydrogen) atoms. The number of hydrazone groups is 1. The number of nitrogens with two attached hydrogens (primary N) is 1. The minimum atomic E-state index is -3.46. The molecule has 1 saturated heterocycles. The lowest BCUT2D eigenvalue weighted by atomic mass is 10.3. The predicted octanol–water partition coefficient (Wildman–Crippen LogP) is 0.248. The van der Waals surface area contributed by atoms with Crippen LogP contribution >= 0.6 is 0 Å². The SMILES string of the molecule is N#CC(=NNc1ccc(S(=O)(=O)N2CCCC2)cc1)C(N)=O. The predicted molar refractivity (Wildman–Crippen MR) is 80.3 cm³/mol. The molecule has 1 aliphatic rings. The standard InChI is InChI=1S/C13H15N5O3S/c14-9-12(13(15)19)17-16-10-3-5-11(6-4-10)22(20,21)18-7-1-2-8-18/h3-6,16H,1-2,7-8H2,(H2,15,19). The molecule has 1 aromatic carbocycles. The molecule has 0 saturated carbocycles. The van der Waals surface area contributed by atoms with Crippen LogP contribution in [-0.2, 0) is 14.8 Å². The van der Waals surface area contributed by atoms with Crippen molar-refractivity contribution in [3.05, 3.63) is 24.3 Å². The molecule has 0 atom stereocenters. The third kappa shape index (κ3) is 3.41. The number of carbonyl (C=O) groups excluding carboxylic acids is 1. The fraction of sp³-hybridized carbons (Fsp3) is 0.308. The summed E-state index contributed by atoms with van der Waals surface area (Å²) in [4.78, 5) is 11.0. The van der Waals surface area contributed by atoms with Gasteiger partial charge in [0, 0.05) is 13.1 Å². The maximum Gasteiger partial charge on any atom is 0.280 e. The number of anilines is 1. The first-order valence-electron chi connectivity index (χ1n) is 6.59. The van der Waals surface area contributed by atoms with E-state index in [4.69, 9.17) is 11.0 Å². The van der Waals surface area contributed by atoms with E-state index in [0.29, 0.717) is 18.8 Å². The summed E-state index contributed by atoms with van der Waals surface area (Å²) in [5.41, 5.74) is 7.40. The highest BCUT2D eigenvalue weighted by Crippen LogP contribution is 2.22. The molecule has 0 aromatic heterocycles. The van der Waals surface area contributed by atoms with Crippen molar-refractivity contribution in [2.75, 3.05) is 18.5 Å². The number of nitrogens with one attached hydrogen (secondary N) is 1. The monoisotopic (exact) mass is 321 g/mol. The molecular formula is C13H15N5O3S. The van der Waals surface area contributed by atoms with Crippen molar-refractivity contribution in [2.24, 2.45) is 10.8 Å². The van der Waals surface area contributed by atoms with Crippen molar-refractivity contribution in [1.29, 1.82) is 5.26 Å². The van der Waals surface area contributed by atoms with Gasteiger partial charge in [0.05, 0.1) is 10.6 Å². The maximum absolute atomic E-state index is 12.3. The van der Waals surface area contributed by atoms with E-state index in [0.717, 1.165) is 12.8 Å². The van der Waals surface area contributed by atoms with Crippen LogP contribution in [0.1, 0.15) is 12.8 Å². The van der Waals surface area contributed by atoms with Crippen molar-refractivity contribution in [3.63, 3.8) is 0 Å². The van der Waals surface area contributed by atoms with E-state index in [1.807, 2.05) is 0 Å². The number of carbonyl (C=O) groups is 1. The lowest BCUT2D eigenvalue weighted by molar-refractivity contribution is -0.111. The molecule has 1 amide bonds. The zero-order valence-electron chi connectivity index (χ0n) is 11.7. The van der Waals surface area contributed by atoms with Gasteiger partial charge in [-0.25, -0.2) is 8.42 Å². The Kier molecular flexibility index (Phi) is 4.75. The number of rotatable bonds is 5. The van der Waals surface area contributed by atoms with Crippen LogP contribution in [0, 0.1) is 11.3 Å². The first kappa shape index (κ1) is 15.9. The van der Waals surface area contributed by atoms with Crippen LogP contribution in [0.3, 0.4) is 0 Å². The number of amides is 1. The minimum absolute atomic E-state index is 0.194. The van der Waals surface area contributed by atoms with Gasteiger partial charge in [-0.3, -0.25) is 10.2 Å². The molecular weight excluding hydrogens is 306 g/mol. The molecule has 8 nitrogen and oxygen atoms in total. The van der Waals surface area contributed by atoms with Crippen LogP contribution in [0.5, 0.6) is 0 Å². The Morgan fingerprint density at radius 2 is 1.86 bits per heavy atom. The Labute approximate surface area is 128 Å². The topological polar surface area (TPSA) is 129 Å². The van der Waals surface area contributed by atoms with Crippen molar-refractivity contribution in [2.45, 2.75) is 17.7 Å². The summed E-state index contributed by atoms with van der Waals surface area (Å²) in [6.07, 6.45) is 1.75. The Hall–Kier alpha value is -2.44. The van der Waals surface area contributed by atoms with Crippen molar-refractivity contribution < 1.29 is 13.2 Å². The van der Waals surface area contributed by atoms with Gasteiger partial charge in [0.2, 0.25) is 15.7 Å². The van der Waals surface area contributed by atoms with Gasteiger partial charge in [0.25, 0.3) is 5.91 Å². The summed E-state index contributed by atoms with van der Waals surface area (Å²) in [6, 6.07) is 7.45. The summed E-state index contributed by atoms with van der Waals surface area (Å²) >= 11 is 0. The van der Waals surface area contributed by atoms with E-state index >= 15 is 0 Å². The van der Waals surface area contributed by atoms with Crippen LogP contribution in [0.2, 0.25) is 0 Å². The summed E-state index contributed by atoms with van der Waals surface area (Å²) in [7, 11) is -3.46. The third-order valence-electron chi connectivity index (χ3n) is 3.19. The molecule has 1 fully saturated rings. The zero-order valence-corrected chi connectivity index (χ0v) is 12.5. The zero-order chi connectivity index (χ0) is 16.2. The quantitative estimate of drug-likeness (QED) is 0.593. The van der Waals surface area contributed by atoms with Crippen LogP contribution in [0.25, 0.3) is 0 Å². The Bertz CT molecular complexity index is 728. The van der Waals surface area contributed by atoms with E-state index in [9.17, 15) is 13.2 Å². The van der Waals surface area contributed by atoms with Gasteiger partial charge in [-0.1, -0.05) is 0 Å². The molecule has 0 aliphatic carbocycles. The second kappa shape index (κ2) is 6.55. The van der Waals surface area contributed by atoms with E-state index < -0.39 is 21.6 Å². The van der Waals surface area contributed by atoms with Crippen molar-refractivity contribution in [1.82, 2.24) is 4.31 Å². The van der Waals surface area contributed by atoms with E-state index in [-0.39, 0.29) is 4.90 Å². The van der Waals surface area contributed by atoms with Gasteiger partial charge < -0.3 is 5.73 Å². The maximum atomic E-state index is 12.3. The largest absolute Gasteiger partial charge is 0.364 e. The number of primary amides is 1. The number of hydrogen-bond donors (Lipinski definition) is 2. The molecule has 116 valence electrons. The molecule has 1 aromatic rings.